The minimum absolute atomic E-state index is 0. The van der Waals surface area contributed by atoms with Crippen LogP contribution in [0, 0.1) is 5.92 Å². The molecule has 4 heteroatoms. The second-order valence-electron chi connectivity index (χ2n) is 4.82. The summed E-state index contributed by atoms with van der Waals surface area (Å²) in [5.41, 5.74) is 20.3. The van der Waals surface area contributed by atoms with E-state index in [-0.39, 0.29) is 23.9 Å². The van der Waals surface area contributed by atoms with Crippen molar-refractivity contribution in [1.29, 1.82) is 0 Å². The normalized spacial score (nSPS) is 26.3. The van der Waals surface area contributed by atoms with E-state index in [0.29, 0.717) is 0 Å². The van der Waals surface area contributed by atoms with Crippen molar-refractivity contribution >= 4 is 18.1 Å². The average molecular weight is 266 g/mol. The maximum atomic E-state index is 6.42. The second-order valence-corrected chi connectivity index (χ2v) is 4.82. The number of hydrogen-bond acceptors (Lipinski definition) is 3. The lowest BCUT2D eigenvalue weighted by Gasteiger charge is -2.34. The van der Waals surface area contributed by atoms with Crippen LogP contribution in [-0.2, 0) is 6.42 Å². The molecule has 1 aromatic carbocycles. The summed E-state index contributed by atoms with van der Waals surface area (Å²) in [5, 5.41) is 0. The van der Waals surface area contributed by atoms with Crippen molar-refractivity contribution in [2.75, 3.05) is 5.73 Å². The van der Waals surface area contributed by atoms with Crippen molar-refractivity contribution in [3.63, 3.8) is 0 Å². The molecule has 2 unspecified atom stereocenters. The molecular weight excluding hydrogens is 246 g/mol. The van der Waals surface area contributed by atoms with Gasteiger partial charge in [-0.3, -0.25) is 0 Å². The third kappa shape index (κ3) is 3.06. The minimum atomic E-state index is -0.378. The van der Waals surface area contributed by atoms with Gasteiger partial charge in [0.1, 0.15) is 0 Å². The summed E-state index contributed by atoms with van der Waals surface area (Å²) in [6.45, 7) is 2.09. The number of hydrogen-bond donors (Lipinski definition) is 3. The van der Waals surface area contributed by atoms with E-state index < -0.39 is 0 Å². The van der Waals surface area contributed by atoms with Crippen LogP contribution in [0.4, 0.5) is 5.69 Å². The first kappa shape index (κ1) is 14.6. The van der Waals surface area contributed by atoms with Gasteiger partial charge in [0.15, 0.2) is 0 Å². The summed E-state index contributed by atoms with van der Waals surface area (Å²) in [4.78, 5) is 0. The van der Waals surface area contributed by atoms with Crippen LogP contribution in [0.25, 0.3) is 0 Å². The molecule has 2 rings (SSSR count). The summed E-state index contributed by atoms with van der Waals surface area (Å²) < 4.78 is 0. The Morgan fingerprint density at radius 1 is 1.28 bits per heavy atom. The third-order valence-electron chi connectivity index (χ3n) is 3.34. The zero-order valence-electron chi connectivity index (χ0n) is 10.5. The van der Waals surface area contributed by atoms with Crippen molar-refractivity contribution in [3.8, 4) is 0 Å². The lowest BCUT2D eigenvalue weighted by Crippen LogP contribution is -2.47. The predicted octanol–water partition coefficient (Wildman–Crippen LogP) is 1.98. The van der Waals surface area contributed by atoms with Gasteiger partial charge in [-0.2, -0.15) is 0 Å². The lowest BCUT2D eigenvalue weighted by atomic mass is 9.77. The van der Waals surface area contributed by atoms with E-state index in [9.17, 15) is 0 Å². The number of halogens is 1. The molecule has 0 aliphatic heterocycles. The van der Waals surface area contributed by atoms with Gasteiger partial charge in [-0.1, -0.05) is 31.2 Å². The highest BCUT2D eigenvalue weighted by Crippen LogP contribution is 2.27. The smallest absolute Gasteiger partial charge is 0.0445 e. The molecule has 0 aromatic heterocycles. The molecular formula is C14H20ClN3. The zero-order valence-corrected chi connectivity index (χ0v) is 11.3. The third-order valence-corrected chi connectivity index (χ3v) is 3.34. The van der Waals surface area contributed by atoms with Crippen LogP contribution in [0.15, 0.2) is 48.2 Å². The Hall–Kier alpha value is -1.45. The number of anilines is 1. The zero-order chi connectivity index (χ0) is 12.5. The molecule has 0 fully saturated rings. The van der Waals surface area contributed by atoms with Gasteiger partial charge in [0.05, 0.1) is 0 Å². The van der Waals surface area contributed by atoms with Crippen LogP contribution in [-0.4, -0.2) is 5.54 Å². The number of allylic oxidation sites excluding steroid dienone is 1. The van der Waals surface area contributed by atoms with Crippen molar-refractivity contribution in [2.24, 2.45) is 17.4 Å². The average Bonchev–Trinajstić information content (AvgIpc) is 2.25. The van der Waals surface area contributed by atoms with Gasteiger partial charge in [-0.05, 0) is 36.1 Å². The molecule has 0 saturated carbocycles. The highest BCUT2D eigenvalue weighted by molar-refractivity contribution is 5.85. The Morgan fingerprint density at radius 3 is 2.61 bits per heavy atom. The standard InChI is InChI=1S/C14H19N3.ClH/c1-10-7-13(16)5-6-14(10,17)9-11-3-2-4-12(15)8-11;/h2-8,10H,9,15-17H2,1H3;1H. The maximum Gasteiger partial charge on any atom is 0.0445 e. The van der Waals surface area contributed by atoms with Crippen molar-refractivity contribution < 1.29 is 0 Å². The molecule has 2 atom stereocenters. The minimum Gasteiger partial charge on any atom is -0.399 e. The largest absolute Gasteiger partial charge is 0.399 e. The van der Waals surface area contributed by atoms with Gasteiger partial charge in [-0.15, -0.1) is 12.4 Å². The molecule has 18 heavy (non-hydrogen) atoms. The second kappa shape index (κ2) is 5.46. The van der Waals surface area contributed by atoms with Gasteiger partial charge in [0, 0.05) is 16.9 Å². The SMILES string of the molecule is CC1C=C(N)C=CC1(N)Cc1cccc(N)c1.Cl. The summed E-state index contributed by atoms with van der Waals surface area (Å²) in [7, 11) is 0. The topological polar surface area (TPSA) is 78.1 Å². The van der Waals surface area contributed by atoms with E-state index in [1.54, 1.807) is 0 Å². The van der Waals surface area contributed by atoms with E-state index in [1.165, 1.54) is 0 Å². The van der Waals surface area contributed by atoms with Gasteiger partial charge in [0.2, 0.25) is 0 Å². The fourth-order valence-electron chi connectivity index (χ4n) is 2.18. The molecule has 0 radical (unpaired) electrons. The maximum absolute atomic E-state index is 6.42. The Labute approximate surface area is 114 Å². The molecule has 1 aromatic rings. The summed E-state index contributed by atoms with van der Waals surface area (Å²) in [5.74, 6) is 0.217. The number of rotatable bonds is 2. The summed E-state index contributed by atoms with van der Waals surface area (Å²) >= 11 is 0. The quantitative estimate of drug-likeness (QED) is 0.716. The Balaban J connectivity index is 0.00000162. The molecule has 0 amide bonds. The Morgan fingerprint density at radius 2 is 2.00 bits per heavy atom. The predicted molar refractivity (Wildman–Crippen MR) is 79.3 cm³/mol. The fourth-order valence-corrected chi connectivity index (χ4v) is 2.18. The number of nitrogen functional groups attached to an aromatic ring is 1. The van der Waals surface area contributed by atoms with Gasteiger partial charge in [0.25, 0.3) is 0 Å². The first-order valence-corrected chi connectivity index (χ1v) is 5.79. The van der Waals surface area contributed by atoms with Crippen LogP contribution in [0.2, 0.25) is 0 Å². The van der Waals surface area contributed by atoms with Crippen LogP contribution in [0.5, 0.6) is 0 Å². The van der Waals surface area contributed by atoms with E-state index in [4.69, 9.17) is 17.2 Å². The molecule has 1 aliphatic rings. The highest BCUT2D eigenvalue weighted by atomic mass is 35.5. The Kier molecular flexibility index (Phi) is 4.43. The molecule has 0 heterocycles. The molecule has 1 aliphatic carbocycles. The van der Waals surface area contributed by atoms with Crippen LogP contribution < -0.4 is 17.2 Å². The fraction of sp³-hybridized carbons (Fsp3) is 0.286. The van der Waals surface area contributed by atoms with Crippen molar-refractivity contribution in [1.82, 2.24) is 0 Å². The van der Waals surface area contributed by atoms with Gasteiger partial charge in [-0.25, -0.2) is 0 Å². The van der Waals surface area contributed by atoms with Crippen LogP contribution >= 0.6 is 12.4 Å². The van der Waals surface area contributed by atoms with E-state index >= 15 is 0 Å². The van der Waals surface area contributed by atoms with Crippen molar-refractivity contribution in [3.05, 3.63) is 53.8 Å². The molecule has 6 N–H and O–H groups in total. The van der Waals surface area contributed by atoms with Crippen molar-refractivity contribution in [2.45, 2.75) is 18.9 Å². The van der Waals surface area contributed by atoms with Gasteiger partial charge < -0.3 is 17.2 Å². The first-order valence-electron chi connectivity index (χ1n) is 5.79. The first-order chi connectivity index (χ1) is 7.99. The molecule has 0 saturated heterocycles. The van der Waals surface area contributed by atoms with Gasteiger partial charge >= 0.3 is 0 Å². The summed E-state index contributed by atoms with van der Waals surface area (Å²) in [6.07, 6.45) is 6.65. The number of benzene rings is 1. The number of nitrogens with two attached hydrogens (primary N) is 3. The monoisotopic (exact) mass is 265 g/mol. The molecule has 3 nitrogen and oxygen atoms in total. The summed E-state index contributed by atoms with van der Waals surface area (Å²) in [6, 6.07) is 7.85. The van der Waals surface area contributed by atoms with Crippen LogP contribution in [0.3, 0.4) is 0 Å². The Bertz CT molecular complexity index is 482. The van der Waals surface area contributed by atoms with Crippen LogP contribution in [0.1, 0.15) is 12.5 Å². The van der Waals surface area contributed by atoms with E-state index in [2.05, 4.69) is 6.92 Å². The lowest BCUT2D eigenvalue weighted by molar-refractivity contribution is 0.411. The molecule has 0 bridgehead atoms. The highest BCUT2D eigenvalue weighted by Gasteiger charge is 2.30. The molecule has 0 spiro atoms. The van der Waals surface area contributed by atoms with E-state index in [0.717, 1.165) is 23.4 Å². The molecule has 98 valence electrons. The van der Waals surface area contributed by atoms with E-state index in [1.807, 2.05) is 42.5 Å².